The molecular weight excluding hydrogens is 624 g/mol. The fourth-order valence-corrected chi connectivity index (χ4v) is 5.14. The first-order valence-corrected chi connectivity index (χ1v) is 16.7. The van der Waals surface area contributed by atoms with Crippen molar-refractivity contribution in [3.63, 3.8) is 0 Å². The molecule has 0 radical (unpaired) electrons. The molecule has 4 rings (SSSR count). The molecule has 0 unspecified atom stereocenters. The van der Waals surface area contributed by atoms with Crippen LogP contribution in [0.1, 0.15) is 131 Å². The van der Waals surface area contributed by atoms with E-state index in [0.29, 0.717) is 11.1 Å². The third-order valence-corrected chi connectivity index (χ3v) is 7.78. The van der Waals surface area contributed by atoms with Crippen LogP contribution in [0.25, 0.3) is 11.5 Å². The van der Waals surface area contributed by atoms with E-state index in [1.165, 1.54) is 25.0 Å². The Labute approximate surface area is 299 Å². The van der Waals surface area contributed by atoms with E-state index in [1.807, 2.05) is 74.5 Å². The van der Waals surface area contributed by atoms with E-state index in [2.05, 4.69) is 0 Å². The SMILES string of the molecule is CC(C)(C)O.CC(C)(C)O.CC1(C(=O)/C=C(\O)c2ccccc2)CCCCC1.CC1(C(=O)/C=C(\O)c2ccccc2)CCCCC1.[Ti]. The number of rotatable bonds is 6. The van der Waals surface area contributed by atoms with Crippen LogP contribution in [0, 0.1) is 10.8 Å². The van der Waals surface area contributed by atoms with Gasteiger partial charge in [0, 0.05) is 55.8 Å². The molecule has 0 heterocycles. The van der Waals surface area contributed by atoms with Gasteiger partial charge in [-0.2, -0.15) is 0 Å². The van der Waals surface area contributed by atoms with E-state index < -0.39 is 11.2 Å². The molecule has 7 heteroatoms. The van der Waals surface area contributed by atoms with Gasteiger partial charge in [-0.25, -0.2) is 0 Å². The number of benzene rings is 2. The quantitative estimate of drug-likeness (QED) is 0.137. The van der Waals surface area contributed by atoms with Crippen molar-refractivity contribution in [2.75, 3.05) is 0 Å². The Morgan fingerprint density at radius 1 is 0.553 bits per heavy atom. The second-order valence-corrected chi connectivity index (χ2v) is 15.1. The Bertz CT molecular complexity index is 1130. The molecule has 0 aromatic heterocycles. The van der Waals surface area contributed by atoms with Crippen LogP contribution in [-0.2, 0) is 31.3 Å². The summed E-state index contributed by atoms with van der Waals surface area (Å²) in [7, 11) is 0. The normalized spacial score (nSPS) is 17.5. The fraction of sp³-hybridized carbons (Fsp3) is 0.550. The zero-order valence-corrected chi connectivity index (χ0v) is 31.7. The molecule has 6 nitrogen and oxygen atoms in total. The number of allylic oxidation sites excluding steroid dienone is 2. The summed E-state index contributed by atoms with van der Waals surface area (Å²) in [4.78, 5) is 24.5. The van der Waals surface area contributed by atoms with E-state index in [9.17, 15) is 19.8 Å². The second kappa shape index (κ2) is 20.8. The van der Waals surface area contributed by atoms with Crippen LogP contribution in [0.3, 0.4) is 0 Å². The summed E-state index contributed by atoms with van der Waals surface area (Å²) in [5.41, 5.74) is -0.155. The van der Waals surface area contributed by atoms with Gasteiger partial charge >= 0.3 is 0 Å². The van der Waals surface area contributed by atoms with Gasteiger partial charge in [0.05, 0.1) is 11.2 Å². The first-order chi connectivity index (χ1) is 21.2. The zero-order chi connectivity index (χ0) is 35.0. The predicted molar refractivity (Wildman–Crippen MR) is 190 cm³/mol. The van der Waals surface area contributed by atoms with E-state index in [4.69, 9.17) is 10.2 Å². The minimum Gasteiger partial charge on any atom is -0.507 e. The summed E-state index contributed by atoms with van der Waals surface area (Å²) in [5, 5.41) is 37.0. The molecule has 4 N–H and O–H groups in total. The summed E-state index contributed by atoms with van der Waals surface area (Å²) >= 11 is 0. The Balaban J connectivity index is 0.000000690. The van der Waals surface area contributed by atoms with Crippen molar-refractivity contribution in [3.8, 4) is 0 Å². The van der Waals surface area contributed by atoms with Crippen LogP contribution in [0.5, 0.6) is 0 Å². The van der Waals surface area contributed by atoms with Gasteiger partial charge in [-0.3, -0.25) is 9.59 Å². The third-order valence-electron chi connectivity index (χ3n) is 7.78. The molecule has 2 fully saturated rings. The van der Waals surface area contributed by atoms with Crippen LogP contribution in [0.15, 0.2) is 72.8 Å². The molecule has 0 saturated heterocycles. The molecule has 0 atom stereocenters. The largest absolute Gasteiger partial charge is 0.507 e. The van der Waals surface area contributed by atoms with Gasteiger partial charge in [0.1, 0.15) is 11.5 Å². The molecule has 47 heavy (non-hydrogen) atoms. The third kappa shape index (κ3) is 19.8. The van der Waals surface area contributed by atoms with E-state index in [0.717, 1.165) is 51.4 Å². The maximum absolute atomic E-state index is 12.3. The molecule has 0 amide bonds. The Morgan fingerprint density at radius 2 is 0.787 bits per heavy atom. The van der Waals surface area contributed by atoms with E-state index >= 15 is 0 Å². The van der Waals surface area contributed by atoms with Gasteiger partial charge < -0.3 is 20.4 Å². The van der Waals surface area contributed by atoms with Gasteiger partial charge in [-0.05, 0) is 67.2 Å². The first kappa shape index (κ1) is 44.5. The average molecular weight is 685 g/mol. The molecule has 2 aliphatic carbocycles. The van der Waals surface area contributed by atoms with Crippen LogP contribution >= 0.6 is 0 Å². The summed E-state index contributed by atoms with van der Waals surface area (Å²) in [6, 6.07) is 18.4. The van der Waals surface area contributed by atoms with Gasteiger partial charge in [-0.15, -0.1) is 0 Å². The van der Waals surface area contributed by atoms with Crippen molar-refractivity contribution >= 4 is 23.1 Å². The molecule has 0 aliphatic heterocycles. The molecule has 0 bridgehead atoms. The zero-order valence-electron chi connectivity index (χ0n) is 30.1. The summed E-state index contributed by atoms with van der Waals surface area (Å²) < 4.78 is 0. The average Bonchev–Trinajstić information content (AvgIpc) is 2.97. The van der Waals surface area contributed by atoms with Gasteiger partial charge in [0.15, 0.2) is 11.6 Å². The molecule has 260 valence electrons. The van der Waals surface area contributed by atoms with Gasteiger partial charge in [0.2, 0.25) is 0 Å². The smallest absolute Gasteiger partial charge is 0.165 e. The summed E-state index contributed by atoms with van der Waals surface area (Å²) in [6.45, 7) is 14.5. The molecule has 0 spiro atoms. The number of hydrogen-bond donors (Lipinski definition) is 4. The Kier molecular flexibility index (Phi) is 19.7. The fourth-order valence-electron chi connectivity index (χ4n) is 5.14. The van der Waals surface area contributed by atoms with Crippen LogP contribution in [0.4, 0.5) is 0 Å². The topological polar surface area (TPSA) is 115 Å². The first-order valence-electron chi connectivity index (χ1n) is 16.7. The number of aliphatic hydroxyl groups excluding tert-OH is 2. The minimum absolute atomic E-state index is 0. The van der Waals surface area contributed by atoms with Crippen molar-refractivity contribution < 1.29 is 51.7 Å². The van der Waals surface area contributed by atoms with Gasteiger partial charge in [0.25, 0.3) is 0 Å². The van der Waals surface area contributed by atoms with Crippen LogP contribution < -0.4 is 0 Å². The molecule has 2 aromatic rings. The van der Waals surface area contributed by atoms with Crippen molar-refractivity contribution in [2.45, 2.75) is 131 Å². The summed E-state index contributed by atoms with van der Waals surface area (Å²) in [5.74, 6) is 0.270. The van der Waals surface area contributed by atoms with E-state index in [-0.39, 0.29) is 55.6 Å². The monoisotopic (exact) mass is 684 g/mol. The number of carbonyl (C=O) groups excluding carboxylic acids is 2. The second-order valence-electron chi connectivity index (χ2n) is 15.1. The van der Waals surface area contributed by atoms with Crippen molar-refractivity contribution in [1.29, 1.82) is 0 Å². The predicted octanol–water partition coefficient (Wildman–Crippen LogP) is 9.80. The van der Waals surface area contributed by atoms with E-state index in [1.54, 1.807) is 41.5 Å². The van der Waals surface area contributed by atoms with Crippen LogP contribution in [-0.4, -0.2) is 43.2 Å². The molecule has 2 aromatic carbocycles. The number of carbonyl (C=O) groups is 2. The molecular formula is C40H60O6Ti. The van der Waals surface area contributed by atoms with Crippen molar-refractivity contribution in [2.24, 2.45) is 10.8 Å². The maximum atomic E-state index is 12.3. The Morgan fingerprint density at radius 3 is 1.02 bits per heavy atom. The number of ketones is 2. The molecule has 2 saturated carbocycles. The van der Waals surface area contributed by atoms with Crippen molar-refractivity contribution in [3.05, 3.63) is 83.9 Å². The molecule has 2 aliphatic rings. The number of hydrogen-bond acceptors (Lipinski definition) is 6. The van der Waals surface area contributed by atoms with Gasteiger partial charge in [-0.1, -0.05) is 113 Å². The van der Waals surface area contributed by atoms with Crippen LogP contribution in [0.2, 0.25) is 0 Å². The standard InChI is InChI=1S/2C16H20O2.2C4H10O.Ti/c2*1-16(10-6-3-7-11-16)15(18)12-14(17)13-8-4-2-5-9-13;2*1-4(2,3)5;/h2*2,4-5,8-9,12,17H,3,6-7,10-11H2,1H3;2*5H,1-3H3;/b2*14-12-;;;. The number of aliphatic hydroxyl groups is 4. The summed E-state index contributed by atoms with van der Waals surface area (Å²) in [6.07, 6.45) is 13.4. The maximum Gasteiger partial charge on any atom is 0.165 e. The minimum atomic E-state index is -0.500. The Hall–Kier alpha value is -2.51. The van der Waals surface area contributed by atoms with Crippen molar-refractivity contribution in [1.82, 2.24) is 0 Å².